The Morgan fingerprint density at radius 1 is 0.628 bits per heavy atom. The number of ether oxygens (including phenoxy) is 1. The normalized spacial score (nSPS) is 15.4. The van der Waals surface area contributed by atoms with Gasteiger partial charge in [0.25, 0.3) is 0 Å². The van der Waals surface area contributed by atoms with E-state index in [4.69, 9.17) is 4.74 Å². The van der Waals surface area contributed by atoms with Crippen molar-refractivity contribution >= 4 is 58.0 Å². The Bertz CT molecular complexity index is 1950. The van der Waals surface area contributed by atoms with E-state index in [1.54, 1.807) is 0 Å². The van der Waals surface area contributed by atoms with Crippen LogP contribution in [-0.4, -0.2) is 8.07 Å². The van der Waals surface area contributed by atoms with Gasteiger partial charge in [0.1, 0.15) is 13.8 Å². The molecule has 0 aliphatic carbocycles. The molecule has 0 fully saturated rings. The smallest absolute Gasteiger partial charge is 0.155 e. The molecule has 210 valence electrons. The molecule has 2 aliphatic heterocycles. The van der Waals surface area contributed by atoms with Gasteiger partial charge in [0.15, 0.2) is 5.75 Å². The summed E-state index contributed by atoms with van der Waals surface area (Å²) in [6.07, 6.45) is 0. The fraction of sp³-hybridized carbons (Fsp3) is 0.128. The molecule has 0 amide bonds. The predicted octanol–water partition coefficient (Wildman–Crippen LogP) is 10.0. The second-order valence-corrected chi connectivity index (χ2v) is 18.0. The molecule has 2 aliphatic rings. The van der Waals surface area contributed by atoms with Crippen molar-refractivity contribution in [2.75, 3.05) is 4.90 Å². The quantitative estimate of drug-likeness (QED) is 0.190. The molecule has 6 aromatic rings. The Morgan fingerprint density at radius 3 is 2.19 bits per heavy atom. The lowest BCUT2D eigenvalue weighted by atomic mass is 9.75. The lowest BCUT2D eigenvalue weighted by Gasteiger charge is -2.39. The summed E-state index contributed by atoms with van der Waals surface area (Å²) < 4.78 is 6.86. The summed E-state index contributed by atoms with van der Waals surface area (Å²) in [4.78, 5) is 5.16. The minimum Gasteiger partial charge on any atom is -0.455 e. The van der Waals surface area contributed by atoms with Crippen molar-refractivity contribution < 1.29 is 4.74 Å². The van der Waals surface area contributed by atoms with Crippen molar-refractivity contribution in [1.82, 2.24) is 0 Å². The molecule has 0 saturated heterocycles. The van der Waals surface area contributed by atoms with Crippen LogP contribution in [0.15, 0.2) is 137 Å². The Balaban J connectivity index is 1.41. The number of hydrogen-bond donors (Lipinski definition) is 0. The van der Waals surface area contributed by atoms with Crippen LogP contribution >= 0.6 is 11.8 Å². The molecule has 4 heteroatoms. The number of rotatable bonds is 3. The Hall–Kier alpha value is -4.25. The first-order valence-electron chi connectivity index (χ1n) is 14.9. The SMILES string of the molecule is CC1(C)c2ccccc2Oc2c(N(c3ccc4ccccc4c3)c3cccc4c3Sc3ccccc3[Si]4(C)C)cccc21. The van der Waals surface area contributed by atoms with Crippen LogP contribution in [0.1, 0.15) is 25.0 Å². The number of para-hydroxylation sites is 2. The van der Waals surface area contributed by atoms with Crippen molar-refractivity contribution in [2.24, 2.45) is 0 Å². The summed E-state index contributed by atoms with van der Waals surface area (Å²) >= 11 is 1.91. The maximum atomic E-state index is 6.86. The third kappa shape index (κ3) is 4.00. The van der Waals surface area contributed by atoms with Crippen LogP contribution in [0.4, 0.5) is 17.1 Å². The summed E-state index contributed by atoms with van der Waals surface area (Å²) in [5.41, 5.74) is 5.60. The molecule has 6 aromatic carbocycles. The van der Waals surface area contributed by atoms with Gasteiger partial charge < -0.3 is 9.64 Å². The van der Waals surface area contributed by atoms with E-state index in [1.807, 2.05) is 11.8 Å². The van der Waals surface area contributed by atoms with Crippen LogP contribution in [0.25, 0.3) is 10.8 Å². The molecule has 43 heavy (non-hydrogen) atoms. The minimum absolute atomic E-state index is 0.200. The van der Waals surface area contributed by atoms with Crippen LogP contribution in [-0.2, 0) is 5.41 Å². The minimum atomic E-state index is -1.93. The number of nitrogens with zero attached hydrogens (tertiary/aromatic N) is 1. The van der Waals surface area contributed by atoms with E-state index >= 15 is 0 Å². The second kappa shape index (κ2) is 9.63. The highest BCUT2D eigenvalue weighted by Crippen LogP contribution is 2.54. The molecule has 0 spiro atoms. The third-order valence-corrected chi connectivity index (χ3v) is 14.5. The number of hydrogen-bond acceptors (Lipinski definition) is 3. The van der Waals surface area contributed by atoms with Crippen molar-refractivity contribution in [3.63, 3.8) is 0 Å². The first kappa shape index (κ1) is 26.4. The van der Waals surface area contributed by atoms with Crippen LogP contribution < -0.4 is 20.0 Å². The Kier molecular flexibility index (Phi) is 5.91. The van der Waals surface area contributed by atoms with Gasteiger partial charge in [-0.15, -0.1) is 0 Å². The molecular weight excluding hydrogens is 559 g/mol. The second-order valence-electron chi connectivity index (χ2n) is 12.6. The molecule has 0 aromatic heterocycles. The van der Waals surface area contributed by atoms with Crippen molar-refractivity contribution in [3.05, 3.63) is 139 Å². The van der Waals surface area contributed by atoms with Crippen molar-refractivity contribution in [3.8, 4) is 11.5 Å². The van der Waals surface area contributed by atoms with E-state index in [-0.39, 0.29) is 5.41 Å². The standard InChI is InChI=1S/C39H33NOSSi/c1-39(2)29-15-7-8-19-33(29)41-37-30(39)16-11-17-31(37)40(28-24-23-26-13-5-6-14-27(26)25-28)32-18-12-22-36-38(32)42-34-20-9-10-21-35(34)43(36,3)4/h5-25H,1-4H3. The van der Waals surface area contributed by atoms with Gasteiger partial charge in [0.05, 0.1) is 11.4 Å². The van der Waals surface area contributed by atoms with Gasteiger partial charge in [-0.2, -0.15) is 0 Å². The highest BCUT2D eigenvalue weighted by Gasteiger charge is 2.39. The largest absolute Gasteiger partial charge is 0.455 e. The number of anilines is 3. The van der Waals surface area contributed by atoms with Crippen LogP contribution in [0, 0.1) is 0 Å². The van der Waals surface area contributed by atoms with E-state index in [0.717, 1.165) is 22.9 Å². The molecule has 0 N–H and O–H groups in total. The van der Waals surface area contributed by atoms with E-state index in [1.165, 1.54) is 47.8 Å². The number of benzene rings is 6. The summed E-state index contributed by atoms with van der Waals surface area (Å²) in [6.45, 7) is 9.59. The zero-order valence-corrected chi connectivity index (χ0v) is 26.7. The van der Waals surface area contributed by atoms with Crippen LogP contribution in [0.2, 0.25) is 13.1 Å². The molecule has 0 saturated carbocycles. The van der Waals surface area contributed by atoms with E-state index in [2.05, 4.69) is 159 Å². The first-order valence-corrected chi connectivity index (χ1v) is 18.8. The highest BCUT2D eigenvalue weighted by molar-refractivity contribution is 8.00. The first-order chi connectivity index (χ1) is 20.8. The molecule has 2 heterocycles. The van der Waals surface area contributed by atoms with E-state index in [0.29, 0.717) is 0 Å². The molecule has 2 nitrogen and oxygen atoms in total. The van der Waals surface area contributed by atoms with E-state index in [9.17, 15) is 0 Å². The summed E-state index contributed by atoms with van der Waals surface area (Å²) in [5, 5.41) is 5.45. The lowest BCUT2D eigenvalue weighted by molar-refractivity contribution is 0.419. The maximum Gasteiger partial charge on any atom is 0.155 e. The van der Waals surface area contributed by atoms with E-state index < -0.39 is 8.07 Å². The summed E-state index contributed by atoms with van der Waals surface area (Å²) in [6, 6.07) is 46.4. The van der Waals surface area contributed by atoms with Crippen molar-refractivity contribution in [1.29, 1.82) is 0 Å². The monoisotopic (exact) mass is 591 g/mol. The van der Waals surface area contributed by atoms with Gasteiger partial charge in [-0.25, -0.2) is 0 Å². The highest BCUT2D eigenvalue weighted by atomic mass is 32.2. The summed E-state index contributed by atoms with van der Waals surface area (Å²) in [5.74, 6) is 1.85. The van der Waals surface area contributed by atoms with Gasteiger partial charge in [-0.1, -0.05) is 130 Å². The molecule has 0 unspecified atom stereocenters. The fourth-order valence-corrected chi connectivity index (χ4v) is 12.5. The predicted molar refractivity (Wildman–Crippen MR) is 185 cm³/mol. The Morgan fingerprint density at radius 2 is 1.30 bits per heavy atom. The molecule has 0 bridgehead atoms. The fourth-order valence-electron chi connectivity index (χ4n) is 6.98. The lowest BCUT2D eigenvalue weighted by Crippen LogP contribution is -2.56. The molecule has 8 rings (SSSR count). The zero-order valence-electron chi connectivity index (χ0n) is 24.9. The average Bonchev–Trinajstić information content (AvgIpc) is 3.02. The third-order valence-electron chi connectivity index (χ3n) is 9.35. The number of fused-ring (bicyclic) bond motifs is 5. The molecule has 0 atom stereocenters. The van der Waals surface area contributed by atoms with Gasteiger partial charge in [0, 0.05) is 32.0 Å². The molecule has 0 radical (unpaired) electrons. The Labute approximate surface area is 259 Å². The van der Waals surface area contributed by atoms with Gasteiger partial charge >= 0.3 is 0 Å². The average molecular weight is 592 g/mol. The van der Waals surface area contributed by atoms with Crippen molar-refractivity contribution in [2.45, 2.75) is 42.1 Å². The maximum absolute atomic E-state index is 6.86. The molecular formula is C39H33NOSSi. The zero-order chi connectivity index (χ0) is 29.3. The summed E-state index contributed by atoms with van der Waals surface area (Å²) in [7, 11) is -1.93. The topological polar surface area (TPSA) is 12.5 Å². The van der Waals surface area contributed by atoms with Crippen LogP contribution in [0.5, 0.6) is 11.5 Å². The van der Waals surface area contributed by atoms with Gasteiger partial charge in [-0.05, 0) is 57.5 Å². The van der Waals surface area contributed by atoms with Gasteiger partial charge in [0.2, 0.25) is 0 Å². The van der Waals surface area contributed by atoms with Crippen LogP contribution in [0.3, 0.4) is 0 Å². The van der Waals surface area contributed by atoms with Gasteiger partial charge in [-0.3, -0.25) is 0 Å².